The SMILES string of the molecule is COc1cccc2c(Nc3n[nH]c(C)n3)nc(-c3ccccc3C(F)(F)F)nc12. The fraction of sp³-hybridized carbons (Fsp3) is 0.158. The number of hydrogen-bond donors (Lipinski definition) is 2. The van der Waals surface area contributed by atoms with E-state index < -0.39 is 11.7 Å². The maximum Gasteiger partial charge on any atom is 0.417 e. The van der Waals surface area contributed by atoms with Gasteiger partial charge < -0.3 is 10.1 Å². The van der Waals surface area contributed by atoms with Crippen molar-refractivity contribution in [3.8, 4) is 17.1 Å². The second-order valence-corrected chi connectivity index (χ2v) is 6.17. The Labute approximate surface area is 163 Å². The minimum atomic E-state index is -4.55. The van der Waals surface area contributed by atoms with Crippen LogP contribution in [0.1, 0.15) is 11.4 Å². The van der Waals surface area contributed by atoms with Crippen molar-refractivity contribution in [2.75, 3.05) is 12.4 Å². The molecule has 2 aromatic carbocycles. The van der Waals surface area contributed by atoms with Crippen LogP contribution in [0.25, 0.3) is 22.3 Å². The van der Waals surface area contributed by atoms with E-state index in [0.717, 1.165) is 6.07 Å². The first-order valence-corrected chi connectivity index (χ1v) is 8.54. The Morgan fingerprint density at radius 3 is 2.48 bits per heavy atom. The summed E-state index contributed by atoms with van der Waals surface area (Å²) in [6.07, 6.45) is -4.55. The zero-order valence-electron chi connectivity index (χ0n) is 15.4. The highest BCUT2D eigenvalue weighted by Crippen LogP contribution is 2.38. The van der Waals surface area contributed by atoms with Crippen LogP contribution >= 0.6 is 0 Å². The number of hydrogen-bond acceptors (Lipinski definition) is 6. The largest absolute Gasteiger partial charge is 0.494 e. The molecule has 4 aromatic rings. The monoisotopic (exact) mass is 400 g/mol. The lowest BCUT2D eigenvalue weighted by Gasteiger charge is -2.14. The van der Waals surface area contributed by atoms with Crippen molar-refractivity contribution in [1.82, 2.24) is 25.1 Å². The molecule has 0 radical (unpaired) electrons. The summed E-state index contributed by atoms with van der Waals surface area (Å²) in [4.78, 5) is 12.9. The van der Waals surface area contributed by atoms with Crippen molar-refractivity contribution >= 4 is 22.7 Å². The second-order valence-electron chi connectivity index (χ2n) is 6.17. The lowest BCUT2D eigenvalue weighted by molar-refractivity contribution is -0.137. The fourth-order valence-electron chi connectivity index (χ4n) is 2.94. The van der Waals surface area contributed by atoms with Gasteiger partial charge in [0, 0.05) is 10.9 Å². The highest BCUT2D eigenvalue weighted by Gasteiger charge is 2.34. The van der Waals surface area contributed by atoms with E-state index in [1.54, 1.807) is 25.1 Å². The zero-order chi connectivity index (χ0) is 20.6. The van der Waals surface area contributed by atoms with Crippen molar-refractivity contribution < 1.29 is 17.9 Å². The van der Waals surface area contributed by atoms with E-state index in [0.29, 0.717) is 22.5 Å². The normalized spacial score (nSPS) is 11.6. The number of benzene rings is 2. The topological polar surface area (TPSA) is 88.6 Å². The highest BCUT2D eigenvalue weighted by molar-refractivity contribution is 5.95. The molecule has 0 aliphatic rings. The molecule has 10 heteroatoms. The number of para-hydroxylation sites is 1. The van der Waals surface area contributed by atoms with Crippen molar-refractivity contribution in [2.24, 2.45) is 0 Å². The highest BCUT2D eigenvalue weighted by atomic mass is 19.4. The predicted molar refractivity (Wildman–Crippen MR) is 101 cm³/mol. The molecular weight excluding hydrogens is 385 g/mol. The van der Waals surface area contributed by atoms with Gasteiger partial charge in [-0.25, -0.2) is 9.97 Å². The summed E-state index contributed by atoms with van der Waals surface area (Å²) in [7, 11) is 1.46. The van der Waals surface area contributed by atoms with E-state index in [4.69, 9.17) is 4.74 Å². The molecule has 0 saturated carbocycles. The third-order valence-electron chi connectivity index (χ3n) is 4.21. The van der Waals surface area contributed by atoms with Crippen LogP contribution in [-0.4, -0.2) is 32.3 Å². The number of aromatic amines is 1. The third kappa shape index (κ3) is 3.56. The summed E-state index contributed by atoms with van der Waals surface area (Å²) < 4.78 is 45.9. The molecule has 29 heavy (non-hydrogen) atoms. The van der Waals surface area contributed by atoms with E-state index >= 15 is 0 Å². The number of rotatable bonds is 4. The molecular formula is C19H15F3N6O. The molecule has 2 aromatic heterocycles. The minimum Gasteiger partial charge on any atom is -0.494 e. The Balaban J connectivity index is 1.97. The van der Waals surface area contributed by atoms with Crippen LogP contribution in [0.2, 0.25) is 0 Å². The molecule has 0 spiro atoms. The molecule has 2 heterocycles. The van der Waals surface area contributed by atoms with E-state index in [2.05, 4.69) is 30.5 Å². The number of halogens is 3. The Bertz CT molecular complexity index is 1190. The number of methoxy groups -OCH3 is 1. The smallest absolute Gasteiger partial charge is 0.417 e. The van der Waals surface area contributed by atoms with E-state index in [1.807, 2.05) is 0 Å². The molecule has 0 fully saturated rings. The van der Waals surface area contributed by atoms with Gasteiger partial charge in [-0.2, -0.15) is 18.2 Å². The molecule has 0 unspecified atom stereocenters. The standard InChI is InChI=1S/C19H15F3N6O/c1-10-23-18(28-27-10)26-17-12-7-5-9-14(29-2)15(12)24-16(25-17)11-6-3-4-8-13(11)19(20,21)22/h3-9H,1-2H3,(H2,23,24,25,26,27,28). The lowest BCUT2D eigenvalue weighted by atomic mass is 10.1. The average molecular weight is 400 g/mol. The first-order chi connectivity index (χ1) is 13.9. The van der Waals surface area contributed by atoms with Crippen LogP contribution in [0.3, 0.4) is 0 Å². The number of nitrogens with one attached hydrogen (secondary N) is 2. The molecule has 0 bridgehead atoms. The summed E-state index contributed by atoms with van der Waals surface area (Å²) in [5.74, 6) is 1.39. The van der Waals surface area contributed by atoms with Gasteiger partial charge in [0.1, 0.15) is 22.9 Å². The molecule has 7 nitrogen and oxygen atoms in total. The molecule has 0 amide bonds. The third-order valence-corrected chi connectivity index (χ3v) is 4.21. The van der Waals surface area contributed by atoms with E-state index in [-0.39, 0.29) is 23.2 Å². The van der Waals surface area contributed by atoms with Gasteiger partial charge >= 0.3 is 6.18 Å². The predicted octanol–water partition coefficient (Wildman–Crippen LogP) is 4.49. The number of aromatic nitrogens is 5. The van der Waals surface area contributed by atoms with Gasteiger partial charge in [0.05, 0.1) is 12.7 Å². The number of anilines is 2. The Morgan fingerprint density at radius 2 is 1.79 bits per heavy atom. The number of nitrogens with zero attached hydrogens (tertiary/aromatic N) is 4. The van der Waals surface area contributed by atoms with Crippen LogP contribution in [0.5, 0.6) is 5.75 Å². The quantitative estimate of drug-likeness (QED) is 0.525. The van der Waals surface area contributed by atoms with Gasteiger partial charge in [-0.05, 0) is 25.1 Å². The van der Waals surface area contributed by atoms with Crippen molar-refractivity contribution in [3.63, 3.8) is 0 Å². The van der Waals surface area contributed by atoms with Crippen LogP contribution in [0.4, 0.5) is 24.9 Å². The summed E-state index contributed by atoms with van der Waals surface area (Å²) in [6.45, 7) is 1.73. The average Bonchev–Trinajstić information content (AvgIpc) is 3.11. The minimum absolute atomic E-state index is 0.0929. The Kier molecular flexibility index (Phi) is 4.53. The number of ether oxygens (including phenoxy) is 1. The van der Waals surface area contributed by atoms with Gasteiger partial charge in [0.15, 0.2) is 5.82 Å². The van der Waals surface area contributed by atoms with Gasteiger partial charge in [-0.1, -0.05) is 24.3 Å². The van der Waals surface area contributed by atoms with Crippen molar-refractivity contribution in [1.29, 1.82) is 0 Å². The van der Waals surface area contributed by atoms with Crippen LogP contribution < -0.4 is 10.1 Å². The van der Waals surface area contributed by atoms with Gasteiger partial charge in [0.2, 0.25) is 5.95 Å². The van der Waals surface area contributed by atoms with Crippen LogP contribution in [0, 0.1) is 6.92 Å². The van der Waals surface area contributed by atoms with Gasteiger partial charge in [0.25, 0.3) is 0 Å². The summed E-state index contributed by atoms with van der Waals surface area (Å²) >= 11 is 0. The van der Waals surface area contributed by atoms with Crippen molar-refractivity contribution in [2.45, 2.75) is 13.1 Å². The maximum absolute atomic E-state index is 13.5. The molecule has 4 rings (SSSR count). The molecule has 0 aliphatic heterocycles. The molecule has 148 valence electrons. The number of H-pyrrole nitrogens is 1. The molecule has 0 atom stereocenters. The van der Waals surface area contributed by atoms with E-state index in [1.165, 1.54) is 25.3 Å². The number of fused-ring (bicyclic) bond motifs is 1. The van der Waals surface area contributed by atoms with Crippen molar-refractivity contribution in [3.05, 3.63) is 53.9 Å². The Morgan fingerprint density at radius 1 is 1.00 bits per heavy atom. The first-order valence-electron chi connectivity index (χ1n) is 8.54. The summed E-state index contributed by atoms with van der Waals surface area (Å²) in [5, 5.41) is 10.2. The van der Waals surface area contributed by atoms with Crippen LogP contribution in [-0.2, 0) is 6.18 Å². The summed E-state index contributed by atoms with van der Waals surface area (Å²) in [5.41, 5.74) is -0.595. The lowest BCUT2D eigenvalue weighted by Crippen LogP contribution is -2.09. The van der Waals surface area contributed by atoms with Crippen LogP contribution in [0.15, 0.2) is 42.5 Å². The Hall–Kier alpha value is -3.69. The molecule has 0 saturated heterocycles. The van der Waals surface area contributed by atoms with E-state index in [9.17, 15) is 13.2 Å². The maximum atomic E-state index is 13.5. The number of alkyl halides is 3. The zero-order valence-corrected chi connectivity index (χ0v) is 15.4. The van der Waals surface area contributed by atoms with Gasteiger partial charge in [-0.15, -0.1) is 5.10 Å². The molecule has 0 aliphatic carbocycles. The molecule has 2 N–H and O–H groups in total. The fourth-order valence-corrected chi connectivity index (χ4v) is 2.94. The first kappa shape index (κ1) is 18.7. The second kappa shape index (κ2) is 7.04. The number of aryl methyl sites for hydroxylation is 1. The van der Waals surface area contributed by atoms with Gasteiger partial charge in [-0.3, -0.25) is 5.10 Å². The summed E-state index contributed by atoms with van der Waals surface area (Å²) in [6, 6.07) is 10.3.